The summed E-state index contributed by atoms with van der Waals surface area (Å²) in [5.41, 5.74) is -1.18. The van der Waals surface area contributed by atoms with Crippen molar-refractivity contribution < 1.29 is 66.3 Å². The van der Waals surface area contributed by atoms with E-state index in [1.165, 1.54) is 154 Å². The molecule has 0 unspecified atom stereocenters. The summed E-state index contributed by atoms with van der Waals surface area (Å²) in [4.78, 5) is 67.5. The zero-order valence-corrected chi connectivity index (χ0v) is 77.3. The molecular weight excluding hydrogens is 1590 g/mol. The Morgan fingerprint density at radius 2 is 0.357 bits per heavy atom. The lowest BCUT2D eigenvalue weighted by Gasteiger charge is -2.28. The molecule has 20 heteroatoms. The number of unbranched alkanes of at least 4 members (excludes halogenated alkanes) is 32. The van der Waals surface area contributed by atoms with E-state index in [0.717, 1.165) is 152 Å². The Hall–Kier alpha value is -7.08. The van der Waals surface area contributed by atoms with Crippen LogP contribution in [0.2, 0.25) is 0 Å². The Labute approximate surface area is 747 Å². The molecule has 0 amide bonds. The molecule has 9 aromatic carbocycles. The molecule has 0 spiro atoms. The van der Waals surface area contributed by atoms with Gasteiger partial charge in [-0.1, -0.05) is 259 Å². The van der Waals surface area contributed by atoms with Crippen LogP contribution >= 0.6 is 0 Å². The Morgan fingerprint density at radius 1 is 0.190 bits per heavy atom. The second kappa shape index (κ2) is 52.7. The van der Waals surface area contributed by atoms with Crippen LogP contribution in [-0.4, -0.2) is 168 Å². The maximum Gasteiger partial charge on any atom is 0.261 e. The summed E-state index contributed by atoms with van der Waals surface area (Å²) in [5.74, 6) is 1.84. The Balaban J connectivity index is 1.07. The van der Waals surface area contributed by atoms with Gasteiger partial charge in [0.25, 0.3) is 22.2 Å². The quantitative estimate of drug-likeness (QED) is 0.0198. The SMILES string of the molecule is CCCCCCCCCCCC(CCCCCCCCCCC)n1c(=O)c2cc3c4cc5c(cc4c4cc6c(=O)n(C(CCCCCCCCCCC)CCCCCCCCCCC)c(=O)c7cc8c9cc%10c(cc9c9cc(c1=O)c2c1c3c4c(c67)c8c91)OCCOCCOCCOCCOCCOCCO%10)OCCOCCOCCOCCOCCOCCO5. The number of hydrogen-bond donors (Lipinski definition) is 0. The zero-order valence-electron chi connectivity index (χ0n) is 77.3. The van der Waals surface area contributed by atoms with Crippen molar-refractivity contribution in [2.24, 2.45) is 0 Å². The van der Waals surface area contributed by atoms with Gasteiger partial charge in [-0.25, -0.2) is 0 Å². The van der Waals surface area contributed by atoms with Gasteiger partial charge in [-0.2, -0.15) is 0 Å². The van der Waals surface area contributed by atoms with Crippen molar-refractivity contribution in [3.63, 3.8) is 0 Å². The van der Waals surface area contributed by atoms with Crippen LogP contribution in [0.1, 0.15) is 297 Å². The topological polar surface area (TPSA) is 207 Å². The van der Waals surface area contributed by atoms with Gasteiger partial charge in [-0.05, 0) is 139 Å². The minimum atomic E-state index is -0.359. The molecule has 11 aromatic rings. The lowest BCUT2D eigenvalue weighted by molar-refractivity contribution is -0.0134. The number of aromatic nitrogens is 2. The van der Waals surface area contributed by atoms with Crippen LogP contribution in [0.3, 0.4) is 0 Å². The zero-order chi connectivity index (χ0) is 87.3. The third-order valence-electron chi connectivity index (χ3n) is 26.6. The largest absolute Gasteiger partial charge is 0.487 e. The van der Waals surface area contributed by atoms with Crippen molar-refractivity contribution in [1.82, 2.24) is 9.13 Å². The average molecular weight is 1740 g/mol. The summed E-state index contributed by atoms with van der Waals surface area (Å²) in [6.07, 6.45) is 44.4. The van der Waals surface area contributed by atoms with Crippen molar-refractivity contribution in [2.45, 2.75) is 297 Å². The van der Waals surface area contributed by atoms with E-state index in [1.807, 2.05) is 0 Å². The van der Waals surface area contributed by atoms with Crippen molar-refractivity contribution in [2.75, 3.05) is 159 Å². The fourth-order valence-corrected chi connectivity index (χ4v) is 20.0. The molecule has 20 nitrogen and oxygen atoms in total. The van der Waals surface area contributed by atoms with Gasteiger partial charge in [0.1, 0.15) is 26.4 Å². The van der Waals surface area contributed by atoms with E-state index in [-0.39, 0.29) is 87.2 Å². The molecule has 2 aliphatic rings. The molecule has 0 fully saturated rings. The third-order valence-corrected chi connectivity index (χ3v) is 26.6. The molecule has 13 rings (SSSR count). The van der Waals surface area contributed by atoms with E-state index in [2.05, 4.69) is 76.2 Å². The first-order chi connectivity index (χ1) is 62.3. The molecule has 0 atom stereocenters. The van der Waals surface area contributed by atoms with E-state index >= 15 is 19.2 Å². The maximum atomic E-state index is 16.9. The Kier molecular flexibility index (Phi) is 40.3. The highest BCUT2D eigenvalue weighted by atomic mass is 16.6. The average Bonchev–Trinajstić information content (AvgIpc) is 0.652. The van der Waals surface area contributed by atoms with Crippen molar-refractivity contribution in [1.29, 1.82) is 0 Å². The second-order valence-electron chi connectivity index (χ2n) is 35.8. The highest BCUT2D eigenvalue weighted by molar-refractivity contribution is 6.54. The molecule has 0 bridgehead atoms. The van der Waals surface area contributed by atoms with Gasteiger partial charge in [0, 0.05) is 55.2 Å². The van der Waals surface area contributed by atoms with E-state index in [0.29, 0.717) is 187 Å². The maximum absolute atomic E-state index is 16.9. The predicted molar refractivity (Wildman–Crippen MR) is 514 cm³/mol. The number of nitrogens with zero attached hydrogens (tertiary/aromatic N) is 2. The van der Waals surface area contributed by atoms with Crippen LogP contribution in [-0.2, 0) is 47.4 Å². The molecule has 692 valence electrons. The molecule has 0 aliphatic carbocycles. The lowest BCUT2D eigenvalue weighted by atomic mass is 9.77. The van der Waals surface area contributed by atoms with Crippen molar-refractivity contribution in [3.8, 4) is 23.0 Å². The van der Waals surface area contributed by atoms with Crippen LogP contribution in [0.4, 0.5) is 0 Å². The molecular formula is C106H150N2O18. The predicted octanol–water partition coefficient (Wildman–Crippen LogP) is 23.9. The van der Waals surface area contributed by atoms with Gasteiger partial charge < -0.3 is 66.3 Å². The van der Waals surface area contributed by atoms with Crippen LogP contribution in [0.15, 0.2) is 67.7 Å². The third kappa shape index (κ3) is 25.4. The van der Waals surface area contributed by atoms with Crippen LogP contribution in [0.5, 0.6) is 23.0 Å². The fourth-order valence-electron chi connectivity index (χ4n) is 20.0. The molecule has 0 N–H and O–H groups in total. The normalized spacial score (nSPS) is 16.2. The first-order valence-corrected chi connectivity index (χ1v) is 50.1. The van der Waals surface area contributed by atoms with E-state index in [9.17, 15) is 0 Å². The Bertz CT molecular complexity index is 4630. The highest BCUT2D eigenvalue weighted by Crippen LogP contribution is 2.57. The first-order valence-electron chi connectivity index (χ1n) is 50.1. The molecule has 0 saturated carbocycles. The van der Waals surface area contributed by atoms with Gasteiger partial charge in [-0.3, -0.25) is 28.3 Å². The molecule has 0 saturated heterocycles. The first kappa shape index (κ1) is 96.5. The highest BCUT2D eigenvalue weighted by Gasteiger charge is 2.34. The molecule has 4 heterocycles. The number of pyridine rings is 2. The van der Waals surface area contributed by atoms with Crippen molar-refractivity contribution >= 4 is 108 Å². The van der Waals surface area contributed by atoms with Gasteiger partial charge in [-0.15, -0.1) is 0 Å². The van der Waals surface area contributed by atoms with E-state index in [1.54, 1.807) is 9.13 Å². The van der Waals surface area contributed by atoms with Crippen LogP contribution < -0.4 is 41.2 Å². The minimum absolute atomic E-state index is 0.171. The number of ether oxygens (including phenoxy) is 14. The van der Waals surface area contributed by atoms with Crippen LogP contribution in [0, 0.1) is 0 Å². The summed E-state index contributed by atoms with van der Waals surface area (Å²) in [6, 6.07) is 15.8. The molecule has 126 heavy (non-hydrogen) atoms. The van der Waals surface area contributed by atoms with E-state index in [4.69, 9.17) is 66.3 Å². The molecule has 0 radical (unpaired) electrons. The molecule has 2 aliphatic heterocycles. The number of fused-ring (bicyclic) bond motifs is 8. The summed E-state index contributed by atoms with van der Waals surface area (Å²) in [7, 11) is 0. The summed E-state index contributed by atoms with van der Waals surface area (Å²) in [6.45, 7) is 17.1. The number of rotatable bonds is 42. The lowest BCUT2D eigenvalue weighted by Crippen LogP contribution is -2.37. The van der Waals surface area contributed by atoms with E-state index < -0.39 is 0 Å². The monoisotopic (exact) mass is 1740 g/mol. The summed E-state index contributed by atoms with van der Waals surface area (Å²) >= 11 is 0. The number of benzene rings is 9. The number of hydrogen-bond acceptors (Lipinski definition) is 18. The fraction of sp³-hybridized carbons (Fsp3) is 0.660. The van der Waals surface area contributed by atoms with Gasteiger partial charge in [0.2, 0.25) is 0 Å². The smallest absolute Gasteiger partial charge is 0.261 e. The standard InChI is InChI=1S/C106H150N2O18/c1-5-9-13-17-21-25-29-33-37-41-77(42-38-34-30-26-22-18-14-10-6-2)107-103(109)87-69-83-79-73-91-93(125-67-63-121-59-55-117-51-47-113-45-49-115-53-57-119-61-65-123-91)75-81(79)85-71-89-96-90(106(112)108(105(89)111)78(43-39-35-31-27-23-19-15-11-7-3)44-40-36-32-28-24-20-16-12-8-4)72-86-82-76-94-92(124-66-62-120-58-54-116-50-46-114-48-52-118-56-60-122-64-68-126-94)74-80(82)84-70-88(104(107)110)95(87)101-97(83)99(85)102(96)100(86)98(84)101/h69-78H,5-68H2,1-4H3. The van der Waals surface area contributed by atoms with Crippen LogP contribution in [0.25, 0.3) is 108 Å². The van der Waals surface area contributed by atoms with Gasteiger partial charge in [0.05, 0.1) is 132 Å². The second-order valence-corrected chi connectivity index (χ2v) is 35.8. The molecule has 2 aromatic heterocycles. The van der Waals surface area contributed by atoms with Crippen molar-refractivity contribution in [3.05, 3.63) is 89.9 Å². The van der Waals surface area contributed by atoms with Gasteiger partial charge >= 0.3 is 0 Å². The Morgan fingerprint density at radius 3 is 0.540 bits per heavy atom. The minimum Gasteiger partial charge on any atom is -0.487 e. The summed E-state index contributed by atoms with van der Waals surface area (Å²) in [5, 5.41) is 14.1. The summed E-state index contributed by atoms with van der Waals surface area (Å²) < 4.78 is 90.7. The van der Waals surface area contributed by atoms with Gasteiger partial charge in [0.15, 0.2) is 23.0 Å².